The Morgan fingerprint density at radius 1 is 1.04 bits per heavy atom. The van der Waals surface area contributed by atoms with Crippen molar-refractivity contribution in [1.29, 1.82) is 5.26 Å². The van der Waals surface area contributed by atoms with E-state index < -0.39 is 12.2 Å². The number of benzene rings is 1. The highest BCUT2D eigenvalue weighted by molar-refractivity contribution is 5.27. The summed E-state index contributed by atoms with van der Waals surface area (Å²) in [6, 6.07) is 7.61. The molecule has 0 aromatic heterocycles. The normalized spacial score (nSPS) is 20.6. The van der Waals surface area contributed by atoms with Crippen molar-refractivity contribution < 1.29 is 22.3 Å². The van der Waals surface area contributed by atoms with Crippen molar-refractivity contribution in [2.75, 3.05) is 0 Å². The van der Waals surface area contributed by atoms with Gasteiger partial charge in [-0.3, -0.25) is 0 Å². The fourth-order valence-corrected chi connectivity index (χ4v) is 3.92. The van der Waals surface area contributed by atoms with Gasteiger partial charge in [0.1, 0.15) is 11.8 Å². The van der Waals surface area contributed by atoms with Crippen LogP contribution in [0.4, 0.5) is 17.6 Å². The molecule has 1 aromatic carbocycles. The molecule has 2 rings (SSSR count). The Kier molecular flexibility index (Phi) is 8.82. The molecule has 6 heteroatoms. The van der Waals surface area contributed by atoms with Crippen LogP contribution < -0.4 is 4.74 Å². The predicted molar refractivity (Wildman–Crippen MR) is 100 cm³/mol. The van der Waals surface area contributed by atoms with E-state index in [9.17, 15) is 17.6 Å². The minimum absolute atomic E-state index is 0.182. The molecular formula is C22H27F4NO. The van der Waals surface area contributed by atoms with Gasteiger partial charge in [0.2, 0.25) is 0 Å². The molecule has 0 unspecified atom stereocenters. The van der Waals surface area contributed by atoms with E-state index in [0.717, 1.165) is 37.2 Å². The molecule has 1 saturated carbocycles. The maximum Gasteiger partial charge on any atom is 0.573 e. The lowest BCUT2D eigenvalue weighted by atomic mass is 9.78. The molecule has 2 nitrogen and oxygen atoms in total. The fourth-order valence-electron chi connectivity index (χ4n) is 3.92. The fraction of sp³-hybridized carbons (Fsp3) is 0.591. The van der Waals surface area contributed by atoms with Gasteiger partial charge in [0.25, 0.3) is 0 Å². The molecule has 28 heavy (non-hydrogen) atoms. The number of rotatable bonds is 9. The second-order valence-corrected chi connectivity index (χ2v) is 7.57. The zero-order valence-electron chi connectivity index (χ0n) is 16.0. The second-order valence-electron chi connectivity index (χ2n) is 7.57. The summed E-state index contributed by atoms with van der Waals surface area (Å²) in [4.78, 5) is 0. The average molecular weight is 397 g/mol. The number of alkyl halides is 3. The van der Waals surface area contributed by atoms with Gasteiger partial charge in [-0.25, -0.2) is 0 Å². The van der Waals surface area contributed by atoms with Crippen molar-refractivity contribution in [1.82, 2.24) is 0 Å². The lowest BCUT2D eigenvalue weighted by Gasteiger charge is -2.28. The second kappa shape index (κ2) is 11.1. The van der Waals surface area contributed by atoms with E-state index in [4.69, 9.17) is 5.26 Å². The summed E-state index contributed by atoms with van der Waals surface area (Å²) in [6.45, 7) is 0. The molecular weight excluding hydrogens is 370 g/mol. The third-order valence-electron chi connectivity index (χ3n) is 5.46. The van der Waals surface area contributed by atoms with Crippen LogP contribution in [0.25, 0.3) is 0 Å². The summed E-state index contributed by atoms with van der Waals surface area (Å²) in [6.07, 6.45) is 7.28. The van der Waals surface area contributed by atoms with Crippen LogP contribution in [0.5, 0.6) is 5.75 Å². The van der Waals surface area contributed by atoms with Crippen molar-refractivity contribution in [3.63, 3.8) is 0 Å². The topological polar surface area (TPSA) is 33.0 Å². The Morgan fingerprint density at radius 2 is 1.64 bits per heavy atom. The molecule has 0 N–H and O–H groups in total. The number of hydrogen-bond acceptors (Lipinski definition) is 2. The van der Waals surface area contributed by atoms with Gasteiger partial charge in [-0.1, -0.05) is 50.7 Å². The Balaban J connectivity index is 1.58. The Hall–Kier alpha value is -2.03. The Bertz CT molecular complexity index is 653. The first kappa shape index (κ1) is 22.3. The highest BCUT2D eigenvalue weighted by Gasteiger charge is 2.30. The van der Waals surface area contributed by atoms with Crippen molar-refractivity contribution >= 4 is 0 Å². The third-order valence-corrected chi connectivity index (χ3v) is 5.46. The van der Waals surface area contributed by atoms with Crippen LogP contribution in [0.2, 0.25) is 0 Å². The van der Waals surface area contributed by atoms with Crippen LogP contribution in [0.3, 0.4) is 0 Å². The van der Waals surface area contributed by atoms with Gasteiger partial charge in [0.15, 0.2) is 5.83 Å². The minimum atomic E-state index is -4.65. The molecule has 0 atom stereocenters. The van der Waals surface area contributed by atoms with Gasteiger partial charge in [-0.05, 0) is 61.3 Å². The number of halogens is 4. The molecule has 0 radical (unpaired) electrons. The molecule has 0 aliphatic heterocycles. The van der Waals surface area contributed by atoms with Crippen molar-refractivity contribution in [2.24, 2.45) is 11.8 Å². The summed E-state index contributed by atoms with van der Waals surface area (Å²) in [7, 11) is 0. The van der Waals surface area contributed by atoms with E-state index in [-0.39, 0.29) is 5.75 Å². The van der Waals surface area contributed by atoms with E-state index in [2.05, 4.69) is 4.74 Å². The number of nitrogens with zero attached hydrogens (tertiary/aromatic N) is 1. The molecule has 0 saturated heterocycles. The quantitative estimate of drug-likeness (QED) is 0.249. The summed E-state index contributed by atoms with van der Waals surface area (Å²) >= 11 is 0. The monoisotopic (exact) mass is 397 g/mol. The van der Waals surface area contributed by atoms with Crippen molar-refractivity contribution in [2.45, 2.75) is 70.6 Å². The zero-order valence-corrected chi connectivity index (χ0v) is 16.0. The zero-order chi connectivity index (χ0) is 20.4. The molecule has 0 bridgehead atoms. The first-order valence-corrected chi connectivity index (χ1v) is 9.96. The standard InChI is InChI=1S/C22H27F4NO/c23-20(16-27)7-3-6-19-10-8-17(9-11-19)4-1-2-5-18-12-14-21(15-13-18)28-22(24,25)26/h7,12-15,17,19H,1-6,8-11H2/t17-,19-. The summed E-state index contributed by atoms with van der Waals surface area (Å²) in [5.41, 5.74) is 1.02. The minimum Gasteiger partial charge on any atom is -0.406 e. The number of ether oxygens (including phenoxy) is 1. The van der Waals surface area contributed by atoms with E-state index >= 15 is 0 Å². The first-order chi connectivity index (χ1) is 13.4. The lowest BCUT2D eigenvalue weighted by Crippen LogP contribution is -2.17. The van der Waals surface area contributed by atoms with Crippen LogP contribution >= 0.6 is 0 Å². The molecule has 0 amide bonds. The van der Waals surface area contributed by atoms with Gasteiger partial charge < -0.3 is 4.74 Å². The average Bonchev–Trinajstić information content (AvgIpc) is 2.66. The lowest BCUT2D eigenvalue weighted by molar-refractivity contribution is -0.274. The summed E-state index contributed by atoms with van der Waals surface area (Å²) in [5, 5.41) is 8.39. The number of unbranched alkanes of at least 4 members (excludes halogenated alkanes) is 1. The third kappa shape index (κ3) is 8.77. The predicted octanol–water partition coefficient (Wildman–Crippen LogP) is 7.26. The summed E-state index contributed by atoms with van der Waals surface area (Å²) < 4.78 is 53.1. The maximum absolute atomic E-state index is 12.8. The molecule has 0 heterocycles. The highest BCUT2D eigenvalue weighted by Crippen LogP contribution is 2.34. The smallest absolute Gasteiger partial charge is 0.406 e. The highest BCUT2D eigenvalue weighted by atomic mass is 19.4. The molecule has 1 fully saturated rings. The number of allylic oxidation sites excluding steroid dienone is 2. The number of aryl methyl sites for hydroxylation is 1. The number of hydrogen-bond donors (Lipinski definition) is 0. The summed E-state index contributed by atoms with van der Waals surface area (Å²) in [5.74, 6) is 0.511. The van der Waals surface area contributed by atoms with Gasteiger partial charge in [0, 0.05) is 0 Å². The number of nitriles is 1. The first-order valence-electron chi connectivity index (χ1n) is 9.96. The largest absolute Gasteiger partial charge is 0.573 e. The van der Waals surface area contributed by atoms with Gasteiger partial charge >= 0.3 is 6.36 Å². The van der Waals surface area contributed by atoms with Gasteiger partial charge in [-0.2, -0.15) is 9.65 Å². The Labute approximate surface area is 164 Å². The van der Waals surface area contributed by atoms with Crippen LogP contribution in [0.1, 0.15) is 63.4 Å². The maximum atomic E-state index is 12.8. The molecule has 1 aromatic rings. The van der Waals surface area contributed by atoms with E-state index in [0.29, 0.717) is 12.3 Å². The van der Waals surface area contributed by atoms with Gasteiger partial charge in [-0.15, -0.1) is 13.2 Å². The molecule has 154 valence electrons. The van der Waals surface area contributed by atoms with Crippen molar-refractivity contribution in [3.8, 4) is 11.8 Å². The van der Waals surface area contributed by atoms with E-state index in [1.807, 2.05) is 0 Å². The molecule has 1 aliphatic rings. The Morgan fingerprint density at radius 3 is 2.21 bits per heavy atom. The van der Waals surface area contributed by atoms with Crippen molar-refractivity contribution in [3.05, 3.63) is 41.7 Å². The van der Waals surface area contributed by atoms with Crippen LogP contribution in [0.15, 0.2) is 36.2 Å². The van der Waals surface area contributed by atoms with E-state index in [1.54, 1.807) is 12.1 Å². The van der Waals surface area contributed by atoms with Crippen LogP contribution in [-0.2, 0) is 6.42 Å². The van der Waals surface area contributed by atoms with Crippen LogP contribution in [0, 0.1) is 23.2 Å². The van der Waals surface area contributed by atoms with Crippen LogP contribution in [-0.4, -0.2) is 6.36 Å². The molecule has 1 aliphatic carbocycles. The van der Waals surface area contributed by atoms with E-state index in [1.165, 1.54) is 56.4 Å². The van der Waals surface area contributed by atoms with Gasteiger partial charge in [0.05, 0.1) is 0 Å². The SMILES string of the molecule is N#CC(F)=CCC[C@H]1CC[C@H](CCCCc2ccc(OC(F)(F)F)cc2)CC1. The molecule has 0 spiro atoms.